The number of aliphatic hydroxyl groups excluding tert-OH is 1. The van der Waals surface area contributed by atoms with Crippen LogP contribution in [0, 0.1) is 17.6 Å². The minimum atomic E-state index is -0.836. The van der Waals surface area contributed by atoms with Gasteiger partial charge in [0.1, 0.15) is 17.6 Å². The van der Waals surface area contributed by atoms with Crippen LogP contribution in [0.15, 0.2) is 18.2 Å². The van der Waals surface area contributed by atoms with E-state index in [1.54, 1.807) is 0 Å². The Bertz CT molecular complexity index is 603. The predicted octanol–water partition coefficient (Wildman–Crippen LogP) is 0.911. The number of hydrogen-bond acceptors (Lipinski definition) is 3. The van der Waals surface area contributed by atoms with Gasteiger partial charge in [-0.3, -0.25) is 9.59 Å². The second-order valence-corrected chi connectivity index (χ2v) is 5.69. The van der Waals surface area contributed by atoms with Gasteiger partial charge in [0.2, 0.25) is 11.8 Å². The van der Waals surface area contributed by atoms with Crippen LogP contribution in [0.2, 0.25) is 0 Å². The summed E-state index contributed by atoms with van der Waals surface area (Å²) in [6.45, 7) is 0.907. The molecule has 2 amide bonds. The van der Waals surface area contributed by atoms with Crippen LogP contribution in [0.5, 0.6) is 0 Å². The summed E-state index contributed by atoms with van der Waals surface area (Å²) in [5.74, 6) is -3.13. The standard InChI is InChI=1S/C15H16F2N2O3/c16-9-5-10(17)7-11(6-9)19-4-2-13(15(19)22)14(21)18-3-1-12(20)8-18/h5-7,12-13,20H,1-4,8H2/t12-,13?/m1/s1. The van der Waals surface area contributed by atoms with E-state index in [4.69, 9.17) is 0 Å². The van der Waals surface area contributed by atoms with Crippen molar-refractivity contribution in [3.8, 4) is 0 Å². The van der Waals surface area contributed by atoms with Gasteiger partial charge in [0.05, 0.1) is 6.10 Å². The lowest BCUT2D eigenvalue weighted by Crippen LogP contribution is -2.39. The third-order valence-electron chi connectivity index (χ3n) is 4.14. The molecule has 1 aromatic rings. The maximum Gasteiger partial charge on any atom is 0.239 e. The molecule has 2 saturated heterocycles. The highest BCUT2D eigenvalue weighted by molar-refractivity contribution is 6.09. The monoisotopic (exact) mass is 310 g/mol. The van der Waals surface area contributed by atoms with E-state index in [-0.39, 0.29) is 24.7 Å². The second-order valence-electron chi connectivity index (χ2n) is 5.69. The van der Waals surface area contributed by atoms with Gasteiger partial charge >= 0.3 is 0 Å². The van der Waals surface area contributed by atoms with Crippen molar-refractivity contribution >= 4 is 17.5 Å². The molecule has 2 atom stereocenters. The van der Waals surface area contributed by atoms with Gasteiger partial charge in [-0.1, -0.05) is 0 Å². The lowest BCUT2D eigenvalue weighted by atomic mass is 10.1. The maximum atomic E-state index is 13.3. The SMILES string of the molecule is O=C(C1CCN(c2cc(F)cc(F)c2)C1=O)N1CC[C@@H](O)C1. The minimum absolute atomic E-state index is 0.124. The molecule has 0 saturated carbocycles. The van der Waals surface area contributed by atoms with Crippen LogP contribution in [0.4, 0.5) is 14.5 Å². The average Bonchev–Trinajstić information content (AvgIpc) is 3.03. The zero-order valence-corrected chi connectivity index (χ0v) is 11.8. The van der Waals surface area contributed by atoms with Crippen LogP contribution in [-0.2, 0) is 9.59 Å². The van der Waals surface area contributed by atoms with Crippen molar-refractivity contribution in [1.29, 1.82) is 0 Å². The van der Waals surface area contributed by atoms with Crippen molar-refractivity contribution in [2.24, 2.45) is 5.92 Å². The van der Waals surface area contributed by atoms with E-state index in [9.17, 15) is 23.5 Å². The maximum absolute atomic E-state index is 13.3. The van der Waals surface area contributed by atoms with E-state index >= 15 is 0 Å². The summed E-state index contributed by atoms with van der Waals surface area (Å²) in [4.78, 5) is 27.4. The first-order valence-corrected chi connectivity index (χ1v) is 7.20. The molecule has 0 spiro atoms. The Hall–Kier alpha value is -2.02. The number of nitrogens with zero attached hydrogens (tertiary/aromatic N) is 2. The van der Waals surface area contributed by atoms with Gasteiger partial charge < -0.3 is 14.9 Å². The molecular formula is C15H16F2N2O3. The van der Waals surface area contributed by atoms with Crippen molar-refractivity contribution < 1.29 is 23.5 Å². The van der Waals surface area contributed by atoms with E-state index in [1.807, 2.05) is 0 Å². The van der Waals surface area contributed by atoms with Crippen molar-refractivity contribution in [1.82, 2.24) is 4.90 Å². The Morgan fingerprint density at radius 3 is 2.41 bits per heavy atom. The van der Waals surface area contributed by atoms with Crippen LogP contribution in [-0.4, -0.2) is 47.6 Å². The normalized spacial score (nSPS) is 25.1. The highest BCUT2D eigenvalue weighted by Crippen LogP contribution is 2.28. The number of anilines is 1. The minimum Gasteiger partial charge on any atom is -0.391 e. The highest BCUT2D eigenvalue weighted by atomic mass is 19.1. The number of hydrogen-bond donors (Lipinski definition) is 1. The van der Waals surface area contributed by atoms with E-state index < -0.39 is 29.6 Å². The second kappa shape index (κ2) is 5.64. The summed E-state index contributed by atoms with van der Waals surface area (Å²) in [5.41, 5.74) is 0.124. The Morgan fingerprint density at radius 2 is 1.82 bits per heavy atom. The van der Waals surface area contributed by atoms with E-state index in [1.165, 1.54) is 9.80 Å². The van der Waals surface area contributed by atoms with E-state index in [0.717, 1.165) is 18.2 Å². The number of likely N-dealkylation sites (tertiary alicyclic amines) is 1. The first-order chi connectivity index (χ1) is 10.5. The van der Waals surface area contributed by atoms with Gasteiger partial charge in [-0.15, -0.1) is 0 Å². The van der Waals surface area contributed by atoms with Crippen LogP contribution in [0.25, 0.3) is 0 Å². The fourth-order valence-electron chi connectivity index (χ4n) is 3.02. The van der Waals surface area contributed by atoms with Gasteiger partial charge in [-0.2, -0.15) is 0 Å². The third-order valence-corrected chi connectivity index (χ3v) is 4.14. The number of amides is 2. The molecule has 3 rings (SSSR count). The number of rotatable bonds is 2. The van der Waals surface area contributed by atoms with Gasteiger partial charge in [0.15, 0.2) is 0 Å². The van der Waals surface area contributed by atoms with E-state index in [0.29, 0.717) is 19.4 Å². The van der Waals surface area contributed by atoms with Crippen LogP contribution in [0.3, 0.4) is 0 Å². The molecule has 1 unspecified atom stereocenters. The zero-order valence-electron chi connectivity index (χ0n) is 11.8. The molecule has 118 valence electrons. The van der Waals surface area contributed by atoms with Crippen LogP contribution in [0.1, 0.15) is 12.8 Å². The zero-order chi connectivity index (χ0) is 15.9. The molecule has 0 aromatic heterocycles. The lowest BCUT2D eigenvalue weighted by molar-refractivity contribution is -0.139. The molecule has 1 aromatic carbocycles. The average molecular weight is 310 g/mol. The summed E-state index contributed by atoms with van der Waals surface area (Å²) in [5, 5.41) is 9.48. The number of aliphatic hydroxyl groups is 1. The molecule has 2 fully saturated rings. The molecule has 5 nitrogen and oxygen atoms in total. The third kappa shape index (κ3) is 2.68. The summed E-state index contributed by atoms with van der Waals surface area (Å²) >= 11 is 0. The molecule has 2 aliphatic heterocycles. The Labute approximate surface area is 126 Å². The van der Waals surface area contributed by atoms with Crippen molar-refractivity contribution in [2.45, 2.75) is 18.9 Å². The Kier molecular flexibility index (Phi) is 3.82. The lowest BCUT2D eigenvalue weighted by Gasteiger charge is -2.20. The number of carbonyl (C=O) groups is 2. The summed E-state index contributed by atoms with van der Waals surface area (Å²) in [6, 6.07) is 2.89. The molecule has 0 aliphatic carbocycles. The smallest absolute Gasteiger partial charge is 0.239 e. The molecule has 0 bridgehead atoms. The first kappa shape index (κ1) is 14.9. The van der Waals surface area contributed by atoms with Crippen LogP contribution < -0.4 is 4.90 Å². The first-order valence-electron chi connectivity index (χ1n) is 7.20. The molecule has 0 radical (unpaired) electrons. The van der Waals surface area contributed by atoms with Crippen molar-refractivity contribution in [3.63, 3.8) is 0 Å². The topological polar surface area (TPSA) is 60.9 Å². The van der Waals surface area contributed by atoms with Gasteiger partial charge in [0.25, 0.3) is 0 Å². The van der Waals surface area contributed by atoms with Crippen molar-refractivity contribution in [3.05, 3.63) is 29.8 Å². The highest BCUT2D eigenvalue weighted by Gasteiger charge is 2.41. The van der Waals surface area contributed by atoms with Crippen molar-refractivity contribution in [2.75, 3.05) is 24.5 Å². The largest absolute Gasteiger partial charge is 0.391 e. The number of β-amino-alcohol motifs (C(OH)–C–C–N with tert-alkyl or cyclic N) is 1. The summed E-state index contributed by atoms with van der Waals surface area (Å²) in [7, 11) is 0. The number of benzene rings is 1. The Balaban J connectivity index is 1.76. The molecule has 22 heavy (non-hydrogen) atoms. The fourth-order valence-corrected chi connectivity index (χ4v) is 3.02. The molecule has 2 heterocycles. The van der Waals surface area contributed by atoms with Crippen LogP contribution >= 0.6 is 0 Å². The number of halogens is 2. The van der Waals surface area contributed by atoms with Gasteiger partial charge in [0, 0.05) is 31.4 Å². The van der Waals surface area contributed by atoms with E-state index in [2.05, 4.69) is 0 Å². The summed E-state index contributed by atoms with van der Waals surface area (Å²) in [6.07, 6.45) is 0.266. The molecular weight excluding hydrogens is 294 g/mol. The molecule has 2 aliphatic rings. The van der Waals surface area contributed by atoms with Gasteiger partial charge in [-0.25, -0.2) is 8.78 Å². The Morgan fingerprint density at radius 1 is 1.14 bits per heavy atom. The van der Waals surface area contributed by atoms with Gasteiger partial charge in [-0.05, 0) is 25.0 Å². The predicted molar refractivity (Wildman–Crippen MR) is 74.0 cm³/mol. The molecule has 7 heteroatoms. The summed E-state index contributed by atoms with van der Waals surface area (Å²) < 4.78 is 26.5. The molecule has 1 N–H and O–H groups in total. The quantitative estimate of drug-likeness (QED) is 0.826. The fraction of sp³-hybridized carbons (Fsp3) is 0.467. The number of carbonyl (C=O) groups excluding carboxylic acids is 2.